The fraction of sp³-hybridized carbons (Fsp3) is 0.400. The number of imidazole rings is 1. The highest BCUT2D eigenvalue weighted by molar-refractivity contribution is 9.10. The van der Waals surface area contributed by atoms with Crippen molar-refractivity contribution >= 4 is 27.4 Å². The van der Waals surface area contributed by atoms with Crippen molar-refractivity contribution < 1.29 is 4.74 Å². The van der Waals surface area contributed by atoms with Crippen LogP contribution in [0.1, 0.15) is 6.92 Å². The third-order valence-electron chi connectivity index (χ3n) is 4.18. The van der Waals surface area contributed by atoms with Crippen molar-refractivity contribution in [2.75, 3.05) is 24.7 Å². The number of fused-ring (bicyclic) bond motifs is 1. The van der Waals surface area contributed by atoms with Gasteiger partial charge in [0.25, 0.3) is 0 Å². The Kier molecular flexibility index (Phi) is 3.57. The molecule has 23 heavy (non-hydrogen) atoms. The van der Waals surface area contributed by atoms with Gasteiger partial charge in [0.2, 0.25) is 0 Å². The van der Waals surface area contributed by atoms with Gasteiger partial charge >= 0.3 is 0 Å². The molecule has 4 heterocycles. The summed E-state index contributed by atoms with van der Waals surface area (Å²) in [6.07, 6.45) is 3.58. The van der Waals surface area contributed by atoms with Gasteiger partial charge in [0.15, 0.2) is 10.3 Å². The summed E-state index contributed by atoms with van der Waals surface area (Å²) in [5.41, 5.74) is 2.66. The summed E-state index contributed by atoms with van der Waals surface area (Å²) in [5.74, 6) is 1.07. The van der Waals surface area contributed by atoms with Gasteiger partial charge in [0.1, 0.15) is 12.1 Å². The van der Waals surface area contributed by atoms with Crippen molar-refractivity contribution in [3.05, 3.63) is 29.3 Å². The van der Waals surface area contributed by atoms with Gasteiger partial charge < -0.3 is 9.64 Å². The summed E-state index contributed by atoms with van der Waals surface area (Å²) in [6, 6.07) is 4.37. The fourth-order valence-corrected chi connectivity index (χ4v) is 3.34. The smallest absolute Gasteiger partial charge is 0.173 e. The normalized spacial score (nSPS) is 18.7. The Labute approximate surface area is 142 Å². The number of anilines is 1. The van der Waals surface area contributed by atoms with E-state index >= 15 is 0 Å². The number of hydrogen-bond donors (Lipinski definition) is 0. The Morgan fingerprint density at radius 1 is 1.39 bits per heavy atom. The zero-order valence-electron chi connectivity index (χ0n) is 13.0. The van der Waals surface area contributed by atoms with Gasteiger partial charge in [0.05, 0.1) is 30.6 Å². The molecule has 1 saturated heterocycles. The topological polar surface area (TPSA) is 60.5 Å². The predicted molar refractivity (Wildman–Crippen MR) is 90.5 cm³/mol. The van der Waals surface area contributed by atoms with Crippen LogP contribution in [0.15, 0.2) is 29.3 Å². The van der Waals surface area contributed by atoms with E-state index in [-0.39, 0.29) is 0 Å². The van der Waals surface area contributed by atoms with Crippen LogP contribution < -0.4 is 4.90 Å². The largest absolute Gasteiger partial charge is 0.377 e. The monoisotopic (exact) mass is 376 g/mol. The number of hydrogen-bond acceptors (Lipinski definition) is 5. The third-order valence-corrected chi connectivity index (χ3v) is 4.74. The minimum Gasteiger partial charge on any atom is -0.377 e. The Hall–Kier alpha value is -1.93. The van der Waals surface area contributed by atoms with Gasteiger partial charge in [0, 0.05) is 25.9 Å². The molecule has 3 aromatic heterocycles. The molecule has 0 aliphatic carbocycles. The predicted octanol–water partition coefficient (Wildman–Crippen LogP) is 2.12. The molecule has 8 heteroatoms. The van der Waals surface area contributed by atoms with Crippen molar-refractivity contribution in [1.82, 2.24) is 24.1 Å². The molecule has 0 radical (unpaired) electrons. The minimum atomic E-state index is 0.301. The lowest BCUT2D eigenvalue weighted by Gasteiger charge is -2.35. The zero-order chi connectivity index (χ0) is 16.0. The molecule has 0 aromatic carbocycles. The first-order valence-electron chi connectivity index (χ1n) is 7.51. The van der Waals surface area contributed by atoms with Crippen LogP contribution in [0.2, 0.25) is 0 Å². The van der Waals surface area contributed by atoms with E-state index in [9.17, 15) is 0 Å². The highest BCUT2D eigenvalue weighted by Crippen LogP contribution is 2.29. The first kappa shape index (κ1) is 14.6. The van der Waals surface area contributed by atoms with Crippen LogP contribution in [-0.2, 0) is 11.8 Å². The number of nitrogens with zero attached hydrogens (tertiary/aromatic N) is 6. The van der Waals surface area contributed by atoms with Crippen LogP contribution >= 0.6 is 15.9 Å². The average Bonchev–Trinajstić information content (AvgIpc) is 3.14. The van der Waals surface area contributed by atoms with E-state index in [0.717, 1.165) is 47.2 Å². The van der Waals surface area contributed by atoms with Gasteiger partial charge in [-0.05, 0) is 28.9 Å². The van der Waals surface area contributed by atoms with Crippen molar-refractivity contribution in [3.8, 4) is 11.4 Å². The standard InChI is InChI=1S/C15H17BrN6O/c1-10-8-23-6-5-21(10)13-7-11(12-3-4-18-20(12)2)19-15-14(16)17-9-22(13)15/h3-4,7,9-10H,5-6,8H2,1-2H3/t10-/m1/s1. The van der Waals surface area contributed by atoms with Gasteiger partial charge in [-0.25, -0.2) is 9.97 Å². The summed E-state index contributed by atoms with van der Waals surface area (Å²) in [7, 11) is 1.92. The number of rotatable bonds is 2. The lowest BCUT2D eigenvalue weighted by molar-refractivity contribution is 0.0984. The van der Waals surface area contributed by atoms with Crippen molar-refractivity contribution in [2.24, 2.45) is 7.05 Å². The van der Waals surface area contributed by atoms with Gasteiger partial charge in [-0.1, -0.05) is 0 Å². The molecule has 0 N–H and O–H groups in total. The van der Waals surface area contributed by atoms with E-state index in [1.807, 2.05) is 22.2 Å². The summed E-state index contributed by atoms with van der Waals surface area (Å²) in [4.78, 5) is 11.5. The molecule has 0 unspecified atom stereocenters. The van der Waals surface area contributed by atoms with Crippen molar-refractivity contribution in [1.29, 1.82) is 0 Å². The molecule has 1 aliphatic rings. The molecule has 120 valence electrons. The number of morpholine rings is 1. The zero-order valence-corrected chi connectivity index (χ0v) is 14.6. The maximum absolute atomic E-state index is 5.57. The first-order valence-corrected chi connectivity index (χ1v) is 8.31. The second kappa shape index (κ2) is 5.61. The van der Waals surface area contributed by atoms with Gasteiger partial charge in [-0.2, -0.15) is 5.10 Å². The van der Waals surface area contributed by atoms with Crippen LogP contribution in [0.4, 0.5) is 5.82 Å². The van der Waals surface area contributed by atoms with Crippen LogP contribution in [0.25, 0.3) is 17.0 Å². The Morgan fingerprint density at radius 3 is 3.00 bits per heavy atom. The molecule has 1 aliphatic heterocycles. The molecule has 0 spiro atoms. The van der Waals surface area contributed by atoms with Gasteiger partial charge in [-0.3, -0.25) is 9.08 Å². The minimum absolute atomic E-state index is 0.301. The van der Waals surface area contributed by atoms with E-state index in [4.69, 9.17) is 9.72 Å². The number of aromatic nitrogens is 5. The lowest BCUT2D eigenvalue weighted by atomic mass is 10.2. The molecule has 4 rings (SSSR count). The molecule has 7 nitrogen and oxygen atoms in total. The maximum atomic E-state index is 5.57. The third kappa shape index (κ3) is 2.42. The molecular weight excluding hydrogens is 360 g/mol. The fourth-order valence-electron chi connectivity index (χ4n) is 2.97. The molecule has 3 aromatic rings. The second-order valence-corrected chi connectivity index (χ2v) is 6.44. The Bertz CT molecular complexity index is 857. The highest BCUT2D eigenvalue weighted by Gasteiger charge is 2.23. The van der Waals surface area contributed by atoms with E-state index < -0.39 is 0 Å². The summed E-state index contributed by atoms with van der Waals surface area (Å²) < 4.78 is 10.2. The van der Waals surface area contributed by atoms with E-state index in [1.165, 1.54) is 0 Å². The quantitative estimate of drug-likeness (QED) is 0.685. The molecular formula is C15H17BrN6O. The molecule has 0 saturated carbocycles. The lowest BCUT2D eigenvalue weighted by Crippen LogP contribution is -2.44. The SMILES string of the molecule is C[C@@H]1COCCN1c1cc(-c2ccnn2C)nc2c(Br)ncn12. The second-order valence-electron chi connectivity index (χ2n) is 5.69. The van der Waals surface area contributed by atoms with Crippen LogP contribution in [0.5, 0.6) is 0 Å². The highest BCUT2D eigenvalue weighted by atomic mass is 79.9. The molecule has 1 atom stereocenters. The Morgan fingerprint density at radius 2 is 2.26 bits per heavy atom. The van der Waals surface area contributed by atoms with E-state index in [1.54, 1.807) is 12.5 Å². The Balaban J connectivity index is 1.93. The van der Waals surface area contributed by atoms with Crippen molar-refractivity contribution in [3.63, 3.8) is 0 Å². The van der Waals surface area contributed by atoms with Gasteiger partial charge in [-0.15, -0.1) is 0 Å². The van der Waals surface area contributed by atoms with E-state index in [0.29, 0.717) is 6.04 Å². The summed E-state index contributed by atoms with van der Waals surface area (Å²) in [5, 5.41) is 4.25. The summed E-state index contributed by atoms with van der Waals surface area (Å²) in [6.45, 7) is 4.47. The van der Waals surface area contributed by atoms with Crippen LogP contribution in [0.3, 0.4) is 0 Å². The van der Waals surface area contributed by atoms with Crippen LogP contribution in [-0.4, -0.2) is 49.9 Å². The summed E-state index contributed by atoms with van der Waals surface area (Å²) >= 11 is 3.50. The van der Waals surface area contributed by atoms with Crippen LogP contribution in [0, 0.1) is 0 Å². The number of ether oxygens (including phenoxy) is 1. The van der Waals surface area contributed by atoms with E-state index in [2.05, 4.69) is 43.9 Å². The molecule has 0 amide bonds. The van der Waals surface area contributed by atoms with Crippen molar-refractivity contribution in [2.45, 2.75) is 13.0 Å². The first-order chi connectivity index (χ1) is 11.1. The average molecular weight is 377 g/mol. The number of halogens is 1. The molecule has 0 bridgehead atoms. The maximum Gasteiger partial charge on any atom is 0.173 e. The molecule has 1 fully saturated rings. The number of aryl methyl sites for hydroxylation is 1.